The van der Waals surface area contributed by atoms with Crippen molar-refractivity contribution in [3.63, 3.8) is 0 Å². The van der Waals surface area contributed by atoms with Gasteiger partial charge in [-0.05, 0) is 20.9 Å². The van der Waals surface area contributed by atoms with Gasteiger partial charge < -0.3 is 4.90 Å². The Morgan fingerprint density at radius 2 is 1.87 bits per heavy atom. The van der Waals surface area contributed by atoms with Crippen molar-refractivity contribution < 1.29 is 4.79 Å². The molecule has 88 valence electrons. The summed E-state index contributed by atoms with van der Waals surface area (Å²) in [6.07, 6.45) is 0. The largest absolute Gasteiger partial charge is 0.304 e. The molecular weight excluding hydrogens is 214 g/mol. The molecule has 4 nitrogen and oxygen atoms in total. The minimum absolute atomic E-state index is 0.00190. The highest BCUT2D eigenvalue weighted by Gasteiger charge is 2.28. The Morgan fingerprint density at radius 1 is 1.33 bits per heavy atom. The van der Waals surface area contributed by atoms with Gasteiger partial charge in [0, 0.05) is 32.1 Å². The van der Waals surface area contributed by atoms with Crippen molar-refractivity contribution in [1.82, 2.24) is 15.3 Å². The zero-order valence-electron chi connectivity index (χ0n) is 9.72. The van der Waals surface area contributed by atoms with Crippen molar-refractivity contribution in [1.29, 1.82) is 0 Å². The molecule has 1 aliphatic rings. The molecule has 1 N–H and O–H groups in total. The summed E-state index contributed by atoms with van der Waals surface area (Å²) in [5.74, 6) is 0.342. The van der Waals surface area contributed by atoms with Gasteiger partial charge in [0.1, 0.15) is 0 Å². The van der Waals surface area contributed by atoms with E-state index in [9.17, 15) is 4.79 Å². The van der Waals surface area contributed by atoms with Gasteiger partial charge >= 0.3 is 0 Å². The van der Waals surface area contributed by atoms with Gasteiger partial charge in [0.05, 0.1) is 5.41 Å². The van der Waals surface area contributed by atoms with Crippen LogP contribution in [0.1, 0.15) is 13.8 Å². The number of hydrogen-bond acceptors (Lipinski definition) is 3. The first-order valence-corrected chi connectivity index (χ1v) is 5.80. The van der Waals surface area contributed by atoms with Crippen molar-refractivity contribution in [2.45, 2.75) is 13.8 Å². The zero-order chi connectivity index (χ0) is 11.5. The van der Waals surface area contributed by atoms with Crippen LogP contribution in [0.3, 0.4) is 0 Å². The van der Waals surface area contributed by atoms with E-state index in [-0.39, 0.29) is 5.91 Å². The van der Waals surface area contributed by atoms with E-state index >= 15 is 0 Å². The lowest BCUT2D eigenvalue weighted by Gasteiger charge is -2.34. The van der Waals surface area contributed by atoms with E-state index in [0.717, 1.165) is 26.2 Å². The van der Waals surface area contributed by atoms with Gasteiger partial charge in [-0.3, -0.25) is 10.2 Å². The van der Waals surface area contributed by atoms with E-state index in [4.69, 9.17) is 11.6 Å². The number of amides is 1. The number of carbonyl (C=O) groups excluding carboxylic acids is 1. The standard InChI is InChI=1S/C10H20ClN3O/c1-10(2,8-11)9(15)12-14-6-4-13(3)5-7-14/h4-8H2,1-3H3,(H,12,15). The van der Waals surface area contributed by atoms with Crippen molar-refractivity contribution in [3.05, 3.63) is 0 Å². The van der Waals surface area contributed by atoms with Crippen LogP contribution in [0.15, 0.2) is 0 Å². The van der Waals surface area contributed by atoms with Crippen LogP contribution in [-0.4, -0.2) is 54.9 Å². The number of hydrogen-bond donors (Lipinski definition) is 1. The highest BCUT2D eigenvalue weighted by molar-refractivity contribution is 6.19. The first-order valence-electron chi connectivity index (χ1n) is 5.26. The monoisotopic (exact) mass is 233 g/mol. The highest BCUT2D eigenvalue weighted by Crippen LogP contribution is 2.17. The van der Waals surface area contributed by atoms with Gasteiger partial charge in [0.2, 0.25) is 5.91 Å². The summed E-state index contributed by atoms with van der Waals surface area (Å²) in [5.41, 5.74) is 2.42. The number of piperazine rings is 1. The Bertz CT molecular complexity index is 225. The molecule has 1 fully saturated rings. The fraction of sp³-hybridized carbons (Fsp3) is 0.900. The van der Waals surface area contributed by atoms with Gasteiger partial charge in [-0.1, -0.05) is 0 Å². The smallest absolute Gasteiger partial charge is 0.241 e. The predicted molar refractivity (Wildman–Crippen MR) is 61.7 cm³/mol. The molecular formula is C10H20ClN3O. The minimum atomic E-state index is -0.495. The Balaban J connectivity index is 2.39. The topological polar surface area (TPSA) is 35.6 Å². The van der Waals surface area contributed by atoms with Crippen molar-refractivity contribution in [3.8, 4) is 0 Å². The summed E-state index contributed by atoms with van der Waals surface area (Å²) in [7, 11) is 2.09. The molecule has 0 bridgehead atoms. The molecule has 1 heterocycles. The maximum atomic E-state index is 11.8. The Kier molecular flexibility index (Phi) is 4.37. The van der Waals surface area contributed by atoms with Crippen molar-refractivity contribution >= 4 is 17.5 Å². The molecule has 5 heteroatoms. The lowest BCUT2D eigenvalue weighted by Crippen LogP contribution is -2.55. The molecule has 0 aromatic rings. The van der Waals surface area contributed by atoms with Gasteiger partial charge in [-0.25, -0.2) is 5.01 Å². The first-order chi connectivity index (χ1) is 6.95. The van der Waals surface area contributed by atoms with E-state index in [1.807, 2.05) is 18.9 Å². The highest BCUT2D eigenvalue weighted by atomic mass is 35.5. The fourth-order valence-corrected chi connectivity index (χ4v) is 1.40. The molecule has 0 saturated carbocycles. The number of halogens is 1. The molecule has 0 atom stereocenters. The molecule has 1 aliphatic heterocycles. The maximum Gasteiger partial charge on any atom is 0.241 e. The molecule has 1 rings (SSSR count). The van der Waals surface area contributed by atoms with Gasteiger partial charge in [-0.15, -0.1) is 11.6 Å². The predicted octanol–water partition coefficient (Wildman–Crippen LogP) is 0.530. The fourth-order valence-electron chi connectivity index (χ4n) is 1.27. The maximum absolute atomic E-state index is 11.8. The molecule has 15 heavy (non-hydrogen) atoms. The first kappa shape index (κ1) is 12.7. The molecule has 0 radical (unpaired) electrons. The summed E-state index contributed by atoms with van der Waals surface area (Å²) in [4.78, 5) is 14.0. The Morgan fingerprint density at radius 3 is 2.33 bits per heavy atom. The van der Waals surface area contributed by atoms with Crippen molar-refractivity contribution in [2.24, 2.45) is 5.41 Å². The number of nitrogens with zero attached hydrogens (tertiary/aromatic N) is 2. The SMILES string of the molecule is CN1CCN(NC(=O)C(C)(C)CCl)CC1. The van der Waals surface area contributed by atoms with Crippen LogP contribution in [0.2, 0.25) is 0 Å². The summed E-state index contributed by atoms with van der Waals surface area (Å²) in [6, 6.07) is 0. The second-order valence-corrected chi connectivity index (χ2v) is 5.02. The molecule has 0 aromatic heterocycles. The van der Waals surface area contributed by atoms with Crippen LogP contribution in [0.4, 0.5) is 0 Å². The van der Waals surface area contributed by atoms with E-state index in [0.29, 0.717) is 5.88 Å². The number of nitrogens with one attached hydrogen (secondary N) is 1. The zero-order valence-corrected chi connectivity index (χ0v) is 10.5. The average molecular weight is 234 g/mol. The van der Waals surface area contributed by atoms with Gasteiger partial charge in [0.25, 0.3) is 0 Å². The summed E-state index contributed by atoms with van der Waals surface area (Å²) >= 11 is 5.74. The normalized spacial score (nSPS) is 20.3. The molecule has 0 unspecified atom stereocenters. The third-order valence-corrected chi connectivity index (χ3v) is 3.38. The minimum Gasteiger partial charge on any atom is -0.304 e. The summed E-state index contributed by atoms with van der Waals surface area (Å²) < 4.78 is 0. The van der Waals surface area contributed by atoms with Crippen LogP contribution in [0.25, 0.3) is 0 Å². The third kappa shape index (κ3) is 3.63. The van der Waals surface area contributed by atoms with Crippen LogP contribution >= 0.6 is 11.6 Å². The number of likely N-dealkylation sites (N-methyl/N-ethyl adjacent to an activating group) is 1. The van der Waals surface area contributed by atoms with Crippen LogP contribution in [0.5, 0.6) is 0 Å². The van der Waals surface area contributed by atoms with Gasteiger partial charge in [-0.2, -0.15) is 0 Å². The molecule has 0 spiro atoms. The summed E-state index contributed by atoms with van der Waals surface area (Å²) in [5, 5.41) is 1.97. The molecule has 1 amide bonds. The van der Waals surface area contributed by atoms with E-state index in [2.05, 4.69) is 17.4 Å². The molecule has 0 aromatic carbocycles. The second-order valence-electron chi connectivity index (χ2n) is 4.75. The van der Waals surface area contributed by atoms with Crippen molar-refractivity contribution in [2.75, 3.05) is 39.1 Å². The van der Waals surface area contributed by atoms with Crippen LogP contribution in [0, 0.1) is 5.41 Å². The number of rotatable bonds is 3. The lowest BCUT2D eigenvalue weighted by atomic mass is 9.96. The second kappa shape index (κ2) is 5.14. The number of alkyl halides is 1. The average Bonchev–Trinajstić information content (AvgIpc) is 2.21. The quantitative estimate of drug-likeness (QED) is 0.723. The van der Waals surface area contributed by atoms with E-state index in [1.54, 1.807) is 0 Å². The van der Waals surface area contributed by atoms with Gasteiger partial charge in [0.15, 0.2) is 0 Å². The van der Waals surface area contributed by atoms with E-state index < -0.39 is 5.41 Å². The Labute approximate surface area is 96.5 Å². The molecule has 0 aliphatic carbocycles. The number of hydrazine groups is 1. The van der Waals surface area contributed by atoms with Crippen LogP contribution in [-0.2, 0) is 4.79 Å². The summed E-state index contributed by atoms with van der Waals surface area (Å²) in [6.45, 7) is 7.43. The molecule has 1 saturated heterocycles. The third-order valence-electron chi connectivity index (χ3n) is 2.71. The Hall–Kier alpha value is -0.320. The van der Waals surface area contributed by atoms with Crippen LogP contribution < -0.4 is 5.43 Å². The lowest BCUT2D eigenvalue weighted by molar-refractivity contribution is -0.134. The number of carbonyl (C=O) groups is 1. The van der Waals surface area contributed by atoms with E-state index in [1.165, 1.54) is 0 Å².